The Morgan fingerprint density at radius 2 is 2.10 bits per heavy atom. The van der Waals surface area contributed by atoms with E-state index in [0.29, 0.717) is 11.2 Å². The first-order valence-electron chi connectivity index (χ1n) is 6.35. The van der Waals surface area contributed by atoms with Crippen molar-refractivity contribution < 1.29 is 4.92 Å². The highest BCUT2D eigenvalue weighted by Gasteiger charge is 2.15. The van der Waals surface area contributed by atoms with E-state index >= 15 is 0 Å². The fourth-order valence-electron chi connectivity index (χ4n) is 2.20. The first kappa shape index (κ1) is 13.0. The average Bonchev–Trinajstić information content (AvgIpc) is 2.77. The third-order valence-electron chi connectivity index (χ3n) is 3.37. The largest absolute Gasteiger partial charge is 0.338 e. The van der Waals surface area contributed by atoms with Crippen molar-refractivity contribution in [3.8, 4) is 0 Å². The third kappa shape index (κ3) is 2.29. The number of anilines is 2. The standard InChI is InChI=1S/C14H13N5O2/c1-9-7-14(17-18(9)2)16-12-3-4-13(19(20)21)11-8-15-6-5-10(11)12/h3-8H,1-2H3,(H,16,17). The zero-order chi connectivity index (χ0) is 15.0. The molecule has 3 aromatic rings. The molecule has 0 fully saturated rings. The molecule has 2 heterocycles. The summed E-state index contributed by atoms with van der Waals surface area (Å²) in [7, 11) is 1.86. The van der Waals surface area contributed by atoms with E-state index in [2.05, 4.69) is 15.4 Å². The minimum Gasteiger partial charge on any atom is -0.338 e. The molecule has 0 amide bonds. The van der Waals surface area contributed by atoms with Gasteiger partial charge in [0.2, 0.25) is 0 Å². The van der Waals surface area contributed by atoms with Crippen molar-refractivity contribution in [2.24, 2.45) is 7.05 Å². The minimum absolute atomic E-state index is 0.0425. The van der Waals surface area contributed by atoms with E-state index in [0.717, 1.165) is 16.8 Å². The Morgan fingerprint density at radius 1 is 1.29 bits per heavy atom. The SMILES string of the molecule is Cc1cc(Nc2ccc([N+](=O)[O-])c3cnccc23)nn1C. The highest BCUT2D eigenvalue weighted by atomic mass is 16.6. The van der Waals surface area contributed by atoms with Crippen LogP contribution in [0.2, 0.25) is 0 Å². The van der Waals surface area contributed by atoms with Crippen LogP contribution >= 0.6 is 0 Å². The lowest BCUT2D eigenvalue weighted by molar-refractivity contribution is -0.383. The second-order valence-electron chi connectivity index (χ2n) is 4.73. The molecule has 1 N–H and O–H groups in total. The van der Waals surface area contributed by atoms with Gasteiger partial charge >= 0.3 is 0 Å². The molecule has 21 heavy (non-hydrogen) atoms. The quantitative estimate of drug-likeness (QED) is 0.590. The summed E-state index contributed by atoms with van der Waals surface area (Å²) in [4.78, 5) is 14.6. The van der Waals surface area contributed by atoms with Crippen LogP contribution < -0.4 is 5.32 Å². The number of pyridine rings is 1. The third-order valence-corrected chi connectivity index (χ3v) is 3.37. The van der Waals surface area contributed by atoms with Gasteiger partial charge < -0.3 is 5.32 Å². The van der Waals surface area contributed by atoms with Crippen LogP contribution in [0.4, 0.5) is 17.2 Å². The first-order chi connectivity index (χ1) is 10.1. The van der Waals surface area contributed by atoms with E-state index in [4.69, 9.17) is 0 Å². The van der Waals surface area contributed by atoms with Crippen LogP contribution in [0.5, 0.6) is 0 Å². The molecule has 2 aromatic heterocycles. The number of nitrogens with zero attached hydrogens (tertiary/aromatic N) is 4. The number of aromatic nitrogens is 3. The molecule has 3 rings (SSSR count). The molecule has 0 saturated carbocycles. The molecule has 7 heteroatoms. The molecular formula is C14H13N5O2. The first-order valence-corrected chi connectivity index (χ1v) is 6.35. The molecule has 0 spiro atoms. The van der Waals surface area contributed by atoms with E-state index in [1.54, 1.807) is 23.0 Å². The summed E-state index contributed by atoms with van der Waals surface area (Å²) in [5, 5.41) is 19.8. The van der Waals surface area contributed by atoms with Crippen LogP contribution in [0.3, 0.4) is 0 Å². The number of nitro groups is 1. The maximum atomic E-state index is 11.1. The van der Waals surface area contributed by atoms with E-state index < -0.39 is 4.92 Å². The number of non-ortho nitro benzene ring substituents is 1. The number of hydrogen-bond donors (Lipinski definition) is 1. The number of rotatable bonds is 3. The summed E-state index contributed by atoms with van der Waals surface area (Å²) in [5.41, 5.74) is 1.82. The second-order valence-corrected chi connectivity index (χ2v) is 4.73. The van der Waals surface area contributed by atoms with Crippen LogP contribution in [0.15, 0.2) is 36.7 Å². The summed E-state index contributed by atoms with van der Waals surface area (Å²) in [5.74, 6) is 0.696. The van der Waals surface area contributed by atoms with Crippen LogP contribution in [0.25, 0.3) is 10.8 Å². The summed E-state index contributed by atoms with van der Waals surface area (Å²) < 4.78 is 1.76. The molecule has 1 aromatic carbocycles. The van der Waals surface area contributed by atoms with Gasteiger partial charge in [-0.1, -0.05) is 0 Å². The Balaban J connectivity index is 2.11. The summed E-state index contributed by atoms with van der Waals surface area (Å²) in [6.07, 6.45) is 3.11. The predicted octanol–water partition coefficient (Wildman–Crippen LogP) is 2.93. The minimum atomic E-state index is -0.404. The Kier molecular flexibility index (Phi) is 3.02. The molecule has 106 valence electrons. The average molecular weight is 283 g/mol. The number of benzene rings is 1. The van der Waals surface area contributed by atoms with E-state index in [-0.39, 0.29) is 5.69 Å². The van der Waals surface area contributed by atoms with Crippen molar-refractivity contribution in [3.05, 3.63) is 52.5 Å². The van der Waals surface area contributed by atoms with Crippen molar-refractivity contribution in [3.63, 3.8) is 0 Å². The lowest BCUT2D eigenvalue weighted by Crippen LogP contribution is -1.97. The molecule has 0 unspecified atom stereocenters. The molecule has 0 radical (unpaired) electrons. The van der Waals surface area contributed by atoms with E-state index in [1.807, 2.05) is 20.0 Å². The predicted molar refractivity (Wildman–Crippen MR) is 79.6 cm³/mol. The summed E-state index contributed by atoms with van der Waals surface area (Å²) >= 11 is 0. The Bertz CT molecular complexity index is 821. The Morgan fingerprint density at radius 3 is 2.76 bits per heavy atom. The maximum Gasteiger partial charge on any atom is 0.278 e. The number of hydrogen-bond acceptors (Lipinski definition) is 5. The van der Waals surface area contributed by atoms with Gasteiger partial charge in [0.15, 0.2) is 5.82 Å². The van der Waals surface area contributed by atoms with Gasteiger partial charge in [0.05, 0.1) is 10.3 Å². The van der Waals surface area contributed by atoms with Crippen molar-refractivity contribution in [2.45, 2.75) is 6.92 Å². The number of fused-ring (bicyclic) bond motifs is 1. The molecule has 0 atom stereocenters. The molecule has 0 saturated heterocycles. The summed E-state index contributed by atoms with van der Waals surface area (Å²) in [6, 6.07) is 6.82. The normalized spacial score (nSPS) is 10.8. The monoisotopic (exact) mass is 283 g/mol. The van der Waals surface area contributed by atoms with Gasteiger partial charge in [-0.05, 0) is 19.1 Å². The van der Waals surface area contributed by atoms with Crippen LogP contribution in [0.1, 0.15) is 5.69 Å². The fourth-order valence-corrected chi connectivity index (χ4v) is 2.20. The van der Waals surface area contributed by atoms with Gasteiger partial charge in [-0.15, -0.1) is 0 Å². The fraction of sp³-hybridized carbons (Fsp3) is 0.143. The number of aryl methyl sites for hydroxylation is 2. The molecule has 0 bridgehead atoms. The van der Waals surface area contributed by atoms with Crippen molar-refractivity contribution in [2.75, 3.05) is 5.32 Å². The maximum absolute atomic E-state index is 11.1. The molecule has 7 nitrogen and oxygen atoms in total. The van der Waals surface area contributed by atoms with Gasteiger partial charge in [-0.3, -0.25) is 19.8 Å². The molecular weight excluding hydrogens is 270 g/mol. The zero-order valence-electron chi connectivity index (χ0n) is 11.6. The van der Waals surface area contributed by atoms with Crippen molar-refractivity contribution in [1.82, 2.24) is 14.8 Å². The Labute approximate surface area is 120 Å². The molecule has 0 aliphatic heterocycles. The second kappa shape index (κ2) is 4.86. The van der Waals surface area contributed by atoms with Crippen molar-refractivity contribution in [1.29, 1.82) is 0 Å². The van der Waals surface area contributed by atoms with Crippen molar-refractivity contribution >= 4 is 28.0 Å². The van der Waals surface area contributed by atoms with E-state index in [9.17, 15) is 10.1 Å². The van der Waals surface area contributed by atoms with Gasteiger partial charge in [0, 0.05) is 48.3 Å². The van der Waals surface area contributed by atoms with Crippen LogP contribution in [-0.2, 0) is 7.05 Å². The number of nitro benzene ring substituents is 1. The highest BCUT2D eigenvalue weighted by Crippen LogP contribution is 2.32. The van der Waals surface area contributed by atoms with Gasteiger partial charge in [0.25, 0.3) is 5.69 Å². The highest BCUT2D eigenvalue weighted by molar-refractivity contribution is 6.00. The summed E-state index contributed by atoms with van der Waals surface area (Å²) in [6.45, 7) is 1.95. The van der Waals surface area contributed by atoms with Crippen LogP contribution in [0, 0.1) is 17.0 Å². The van der Waals surface area contributed by atoms with Gasteiger partial charge in [0.1, 0.15) is 0 Å². The zero-order valence-corrected chi connectivity index (χ0v) is 11.6. The lowest BCUT2D eigenvalue weighted by atomic mass is 10.1. The molecule has 0 aliphatic carbocycles. The van der Waals surface area contributed by atoms with E-state index in [1.165, 1.54) is 12.3 Å². The number of nitrogens with one attached hydrogen (secondary N) is 1. The smallest absolute Gasteiger partial charge is 0.278 e. The van der Waals surface area contributed by atoms with Crippen LogP contribution in [-0.4, -0.2) is 19.7 Å². The topological polar surface area (TPSA) is 85.9 Å². The lowest BCUT2D eigenvalue weighted by Gasteiger charge is -2.07. The molecule has 0 aliphatic rings. The van der Waals surface area contributed by atoms with Gasteiger partial charge in [-0.25, -0.2) is 0 Å². The van der Waals surface area contributed by atoms with Gasteiger partial charge in [-0.2, -0.15) is 5.10 Å². The Hall–Kier alpha value is -2.96.